The molecule has 0 radical (unpaired) electrons. The topological polar surface area (TPSA) is 39.1 Å². The molecule has 0 spiro atoms. The molecule has 17 heavy (non-hydrogen) atoms. The molecule has 0 amide bonds. The van der Waals surface area contributed by atoms with E-state index in [1.165, 1.54) is 25.0 Å². The number of rotatable bonds is 5. The molecule has 1 atom stereocenters. The molecule has 4 nitrogen and oxygen atoms in total. The maximum atomic E-state index is 12.8. The van der Waals surface area contributed by atoms with Crippen molar-refractivity contribution in [2.75, 3.05) is 20.8 Å². The first-order chi connectivity index (χ1) is 7.91. The number of alkyl halides is 3. The Labute approximate surface area is 102 Å². The maximum absolute atomic E-state index is 12.8. The lowest BCUT2D eigenvalue weighted by molar-refractivity contribution is -0.158. The highest BCUT2D eigenvalue weighted by atomic mass is 35.5. The van der Waals surface area contributed by atoms with E-state index in [1.54, 1.807) is 0 Å². The summed E-state index contributed by atoms with van der Waals surface area (Å²) in [5, 5.41) is 5.98. The summed E-state index contributed by atoms with van der Waals surface area (Å²) in [5.41, 5.74) is -0.0984. The second-order valence-electron chi connectivity index (χ2n) is 3.36. The Morgan fingerprint density at radius 1 is 1.59 bits per heavy atom. The molecular formula is C9H13ClF3N3O. The van der Waals surface area contributed by atoms with Gasteiger partial charge in [0.1, 0.15) is 6.04 Å². The van der Waals surface area contributed by atoms with Crippen molar-refractivity contribution >= 4 is 11.6 Å². The number of hydrogen-bond acceptors (Lipinski definition) is 3. The number of nitrogens with zero attached hydrogens (tertiary/aromatic N) is 2. The van der Waals surface area contributed by atoms with Crippen LogP contribution in [-0.4, -0.2) is 36.7 Å². The van der Waals surface area contributed by atoms with Gasteiger partial charge in [-0.15, -0.1) is 0 Å². The predicted molar refractivity (Wildman–Crippen MR) is 57.0 cm³/mol. The van der Waals surface area contributed by atoms with E-state index < -0.39 is 12.2 Å². The molecule has 1 N–H and O–H groups in total. The van der Waals surface area contributed by atoms with Crippen LogP contribution >= 0.6 is 11.6 Å². The Hall–Kier alpha value is -0.790. The first-order valence-corrected chi connectivity index (χ1v) is 5.23. The number of halogens is 4. The Morgan fingerprint density at radius 3 is 2.71 bits per heavy atom. The maximum Gasteiger partial charge on any atom is 0.409 e. The predicted octanol–water partition coefficient (Wildman–Crippen LogP) is 2.01. The summed E-state index contributed by atoms with van der Waals surface area (Å²) in [6.07, 6.45) is -3.23. The molecule has 1 heterocycles. The normalized spacial score (nSPS) is 14.0. The van der Waals surface area contributed by atoms with E-state index in [1.807, 2.05) is 0 Å². The molecule has 0 aromatic carbocycles. The van der Waals surface area contributed by atoms with Gasteiger partial charge in [-0.3, -0.25) is 4.68 Å². The molecule has 0 bridgehead atoms. The highest BCUT2D eigenvalue weighted by molar-refractivity contribution is 6.31. The van der Waals surface area contributed by atoms with Crippen LogP contribution in [0.5, 0.6) is 0 Å². The first kappa shape index (κ1) is 14.3. The highest BCUT2D eigenvalue weighted by Crippen LogP contribution is 2.35. The molecule has 1 aromatic heterocycles. The van der Waals surface area contributed by atoms with Gasteiger partial charge in [-0.1, -0.05) is 11.6 Å². The smallest absolute Gasteiger partial charge is 0.383 e. The van der Waals surface area contributed by atoms with Gasteiger partial charge in [-0.25, -0.2) is 0 Å². The second-order valence-corrected chi connectivity index (χ2v) is 3.76. The molecule has 1 aromatic rings. The average molecular weight is 272 g/mol. The molecule has 8 heteroatoms. The summed E-state index contributed by atoms with van der Waals surface area (Å²) in [4.78, 5) is 0. The molecule has 0 aliphatic rings. The van der Waals surface area contributed by atoms with E-state index in [0.29, 0.717) is 0 Å². The summed E-state index contributed by atoms with van der Waals surface area (Å²) in [5.74, 6) is 0. The van der Waals surface area contributed by atoms with Gasteiger partial charge in [-0.05, 0) is 7.05 Å². The quantitative estimate of drug-likeness (QED) is 0.890. The Kier molecular flexibility index (Phi) is 4.79. The van der Waals surface area contributed by atoms with Gasteiger partial charge in [0.25, 0.3) is 0 Å². The molecule has 0 saturated heterocycles. The lowest BCUT2D eigenvalue weighted by Gasteiger charge is -2.21. The lowest BCUT2D eigenvalue weighted by Crippen LogP contribution is -2.34. The van der Waals surface area contributed by atoms with Crippen LogP contribution in [0, 0.1) is 0 Å². The van der Waals surface area contributed by atoms with Gasteiger partial charge in [0, 0.05) is 7.11 Å². The summed E-state index contributed by atoms with van der Waals surface area (Å²) < 4.78 is 44.3. The van der Waals surface area contributed by atoms with Gasteiger partial charge >= 0.3 is 6.18 Å². The zero-order valence-electron chi connectivity index (χ0n) is 9.38. The monoisotopic (exact) mass is 271 g/mol. The number of nitrogens with one attached hydrogen (secondary N) is 1. The molecule has 0 aliphatic heterocycles. The molecule has 1 unspecified atom stereocenters. The van der Waals surface area contributed by atoms with Crippen LogP contribution in [0.4, 0.5) is 13.2 Å². The van der Waals surface area contributed by atoms with E-state index in [4.69, 9.17) is 16.3 Å². The van der Waals surface area contributed by atoms with Gasteiger partial charge in [0.05, 0.1) is 30.1 Å². The van der Waals surface area contributed by atoms with Crippen LogP contribution in [0.15, 0.2) is 6.20 Å². The zero-order chi connectivity index (χ0) is 13.1. The number of methoxy groups -OCH3 is 1. The Balaban J connectivity index is 3.05. The summed E-state index contributed by atoms with van der Waals surface area (Å²) >= 11 is 5.74. The van der Waals surface area contributed by atoms with E-state index in [9.17, 15) is 13.2 Å². The van der Waals surface area contributed by atoms with E-state index in [-0.39, 0.29) is 23.9 Å². The standard InChI is InChI=1S/C9H13ClF3N3O/c1-14-8(9(11,12)13)7-6(10)5-15-16(7)3-4-17-2/h5,8,14H,3-4H2,1-2H3. The van der Waals surface area contributed by atoms with Crippen molar-refractivity contribution in [2.45, 2.75) is 18.8 Å². The highest BCUT2D eigenvalue weighted by Gasteiger charge is 2.42. The third-order valence-corrected chi connectivity index (χ3v) is 2.52. The van der Waals surface area contributed by atoms with E-state index >= 15 is 0 Å². The largest absolute Gasteiger partial charge is 0.409 e. The molecule has 1 rings (SSSR count). The first-order valence-electron chi connectivity index (χ1n) is 4.86. The van der Waals surface area contributed by atoms with Crippen LogP contribution in [0.25, 0.3) is 0 Å². The fourth-order valence-corrected chi connectivity index (χ4v) is 1.72. The molecular weight excluding hydrogens is 259 g/mol. The van der Waals surface area contributed by atoms with Crippen molar-refractivity contribution in [1.82, 2.24) is 15.1 Å². The van der Waals surface area contributed by atoms with Crippen LogP contribution in [0.1, 0.15) is 11.7 Å². The van der Waals surface area contributed by atoms with E-state index in [2.05, 4.69) is 10.4 Å². The number of ether oxygens (including phenoxy) is 1. The number of aromatic nitrogens is 2. The van der Waals surface area contributed by atoms with Crippen LogP contribution in [0.2, 0.25) is 5.02 Å². The van der Waals surface area contributed by atoms with Gasteiger partial charge in [-0.2, -0.15) is 18.3 Å². The van der Waals surface area contributed by atoms with Crippen molar-refractivity contribution in [3.05, 3.63) is 16.9 Å². The second kappa shape index (κ2) is 5.70. The van der Waals surface area contributed by atoms with Crippen LogP contribution < -0.4 is 5.32 Å². The van der Waals surface area contributed by atoms with Gasteiger partial charge in [0.15, 0.2) is 0 Å². The fraction of sp³-hybridized carbons (Fsp3) is 0.667. The SMILES string of the molecule is CNC(c1c(Cl)cnn1CCOC)C(F)(F)F. The molecule has 98 valence electrons. The van der Waals surface area contributed by atoms with Crippen LogP contribution in [0.3, 0.4) is 0 Å². The minimum absolute atomic E-state index is 0.0159. The average Bonchev–Trinajstić information content (AvgIpc) is 2.57. The molecule has 0 fully saturated rings. The van der Waals surface area contributed by atoms with Crippen molar-refractivity contribution in [3.63, 3.8) is 0 Å². The third-order valence-electron chi connectivity index (χ3n) is 2.23. The Bertz CT molecular complexity index is 367. The third kappa shape index (κ3) is 3.34. The van der Waals surface area contributed by atoms with Crippen LogP contribution in [-0.2, 0) is 11.3 Å². The summed E-state index contributed by atoms with van der Waals surface area (Å²) in [6, 6.07) is -1.84. The van der Waals surface area contributed by atoms with Crippen molar-refractivity contribution < 1.29 is 17.9 Å². The number of hydrogen-bond donors (Lipinski definition) is 1. The fourth-order valence-electron chi connectivity index (χ4n) is 1.47. The summed E-state index contributed by atoms with van der Waals surface area (Å²) in [6.45, 7) is 0.478. The van der Waals surface area contributed by atoms with Gasteiger partial charge in [0.2, 0.25) is 0 Å². The van der Waals surface area contributed by atoms with E-state index in [0.717, 1.165) is 0 Å². The van der Waals surface area contributed by atoms with Crippen molar-refractivity contribution in [3.8, 4) is 0 Å². The Morgan fingerprint density at radius 2 is 2.24 bits per heavy atom. The molecule has 0 aliphatic carbocycles. The molecule has 0 saturated carbocycles. The van der Waals surface area contributed by atoms with Crippen molar-refractivity contribution in [1.29, 1.82) is 0 Å². The summed E-state index contributed by atoms with van der Waals surface area (Å²) in [7, 11) is 2.69. The zero-order valence-corrected chi connectivity index (χ0v) is 10.1. The lowest BCUT2D eigenvalue weighted by atomic mass is 10.2. The van der Waals surface area contributed by atoms with Crippen molar-refractivity contribution in [2.24, 2.45) is 0 Å². The minimum Gasteiger partial charge on any atom is -0.383 e. The van der Waals surface area contributed by atoms with Gasteiger partial charge < -0.3 is 10.1 Å². The minimum atomic E-state index is -4.43.